The maximum atomic E-state index is 3.52. The molecule has 0 aliphatic carbocycles. The third kappa shape index (κ3) is 6.81. The van der Waals surface area contributed by atoms with Gasteiger partial charge in [0.2, 0.25) is 0 Å². The van der Waals surface area contributed by atoms with E-state index in [2.05, 4.69) is 59.5 Å². The van der Waals surface area contributed by atoms with Gasteiger partial charge in [0.1, 0.15) is 0 Å². The fourth-order valence-corrected chi connectivity index (χ4v) is 3.54. The monoisotopic (exact) mass is 329 g/mol. The number of thioether (sulfide) groups is 1. The molecule has 0 aliphatic heterocycles. The molecule has 0 fully saturated rings. The summed E-state index contributed by atoms with van der Waals surface area (Å²) in [6.45, 7) is 2.26. The number of hydrogen-bond donors (Lipinski definition) is 1. The van der Waals surface area contributed by atoms with Crippen molar-refractivity contribution in [2.75, 3.05) is 12.8 Å². The Kier molecular flexibility index (Phi) is 8.82. The van der Waals surface area contributed by atoms with E-state index in [-0.39, 0.29) is 0 Å². The number of benzene rings is 1. The Balaban J connectivity index is 2.26. The van der Waals surface area contributed by atoms with Gasteiger partial charge in [0.15, 0.2) is 0 Å². The van der Waals surface area contributed by atoms with Crippen molar-refractivity contribution in [3.63, 3.8) is 0 Å². The van der Waals surface area contributed by atoms with Gasteiger partial charge in [-0.1, -0.05) is 54.6 Å². The zero-order valence-electron chi connectivity index (χ0n) is 11.4. The van der Waals surface area contributed by atoms with Gasteiger partial charge in [0.25, 0.3) is 0 Å². The van der Waals surface area contributed by atoms with Crippen LogP contribution in [0.1, 0.15) is 39.0 Å². The van der Waals surface area contributed by atoms with Crippen molar-refractivity contribution in [3.05, 3.63) is 28.7 Å². The number of hydrogen-bond acceptors (Lipinski definition) is 2. The van der Waals surface area contributed by atoms with Crippen molar-refractivity contribution in [3.8, 4) is 0 Å². The third-order valence-corrected chi connectivity index (χ3v) is 4.71. The molecule has 1 N–H and O–H groups in total. The molecule has 1 atom stereocenters. The zero-order chi connectivity index (χ0) is 13.2. The summed E-state index contributed by atoms with van der Waals surface area (Å²) in [6, 6.07) is 9.17. The Labute approximate surface area is 124 Å². The quantitative estimate of drug-likeness (QED) is 0.499. The van der Waals surface area contributed by atoms with Crippen LogP contribution < -0.4 is 5.32 Å². The minimum absolute atomic E-state index is 0.630. The normalized spacial score (nSPS) is 12.6. The van der Waals surface area contributed by atoms with E-state index in [1.54, 1.807) is 0 Å². The molecule has 0 spiro atoms. The summed E-state index contributed by atoms with van der Waals surface area (Å²) in [7, 11) is 2.08. The fourth-order valence-electron chi connectivity index (χ4n) is 1.88. The van der Waals surface area contributed by atoms with Crippen LogP contribution in [-0.4, -0.2) is 18.8 Å². The van der Waals surface area contributed by atoms with E-state index in [0.717, 1.165) is 10.2 Å². The van der Waals surface area contributed by atoms with Gasteiger partial charge in [-0.2, -0.15) is 0 Å². The molecule has 3 heteroatoms. The van der Waals surface area contributed by atoms with Gasteiger partial charge in [0.05, 0.1) is 0 Å². The first-order valence-electron chi connectivity index (χ1n) is 6.82. The molecule has 0 radical (unpaired) electrons. The van der Waals surface area contributed by atoms with E-state index in [0.29, 0.717) is 6.04 Å². The molecule has 1 aromatic carbocycles. The van der Waals surface area contributed by atoms with Gasteiger partial charge >= 0.3 is 0 Å². The van der Waals surface area contributed by atoms with Gasteiger partial charge in [-0.25, -0.2) is 0 Å². The topological polar surface area (TPSA) is 12.0 Å². The summed E-state index contributed by atoms with van der Waals surface area (Å²) in [6.07, 6.45) is 6.69. The SMILES string of the molecule is CCCCCCC(CSc1cccc(Br)c1)NC. The van der Waals surface area contributed by atoms with Crippen LogP contribution in [0.25, 0.3) is 0 Å². The third-order valence-electron chi connectivity index (χ3n) is 3.06. The molecule has 1 unspecified atom stereocenters. The number of nitrogens with one attached hydrogen (secondary N) is 1. The predicted molar refractivity (Wildman–Crippen MR) is 86.5 cm³/mol. The van der Waals surface area contributed by atoms with Crippen molar-refractivity contribution in [2.24, 2.45) is 0 Å². The molecule has 0 aromatic heterocycles. The Morgan fingerprint density at radius 1 is 1.28 bits per heavy atom. The molecule has 0 heterocycles. The van der Waals surface area contributed by atoms with Gasteiger partial charge in [-0.05, 0) is 31.7 Å². The molecule has 0 amide bonds. The Morgan fingerprint density at radius 3 is 2.78 bits per heavy atom. The van der Waals surface area contributed by atoms with Crippen LogP contribution in [-0.2, 0) is 0 Å². The van der Waals surface area contributed by atoms with Crippen LogP contribution >= 0.6 is 27.7 Å². The van der Waals surface area contributed by atoms with Gasteiger partial charge in [-0.3, -0.25) is 0 Å². The van der Waals surface area contributed by atoms with Crippen LogP contribution in [0, 0.1) is 0 Å². The second-order valence-electron chi connectivity index (χ2n) is 4.60. The molecule has 102 valence electrons. The molecule has 0 aliphatic rings. The smallest absolute Gasteiger partial charge is 0.0186 e. The standard InChI is InChI=1S/C15H24BrNS/c1-3-4-5-6-9-14(17-2)12-18-15-10-7-8-13(16)11-15/h7-8,10-11,14,17H,3-6,9,12H2,1-2H3. The highest BCUT2D eigenvalue weighted by molar-refractivity contribution is 9.10. The maximum absolute atomic E-state index is 3.52. The first-order chi connectivity index (χ1) is 8.76. The van der Waals surface area contributed by atoms with E-state index in [1.165, 1.54) is 37.0 Å². The number of halogens is 1. The van der Waals surface area contributed by atoms with Crippen molar-refractivity contribution in [1.29, 1.82) is 0 Å². The molecular formula is C15H24BrNS. The molecular weight excluding hydrogens is 306 g/mol. The minimum atomic E-state index is 0.630. The van der Waals surface area contributed by atoms with Crippen molar-refractivity contribution in [2.45, 2.75) is 50.0 Å². The van der Waals surface area contributed by atoms with E-state index in [9.17, 15) is 0 Å². The van der Waals surface area contributed by atoms with Crippen LogP contribution in [0.3, 0.4) is 0 Å². The molecule has 0 bridgehead atoms. The lowest BCUT2D eigenvalue weighted by atomic mass is 10.1. The van der Waals surface area contributed by atoms with Gasteiger partial charge < -0.3 is 5.32 Å². The maximum Gasteiger partial charge on any atom is 0.0186 e. The lowest BCUT2D eigenvalue weighted by Crippen LogP contribution is -2.27. The molecule has 1 aromatic rings. The predicted octanol–water partition coefficient (Wildman–Crippen LogP) is 5.10. The summed E-state index contributed by atoms with van der Waals surface area (Å²) in [5.41, 5.74) is 0. The summed E-state index contributed by atoms with van der Waals surface area (Å²) in [5, 5.41) is 3.43. The van der Waals surface area contributed by atoms with Crippen LogP contribution in [0.15, 0.2) is 33.6 Å². The summed E-state index contributed by atoms with van der Waals surface area (Å²) in [5.74, 6) is 1.15. The second-order valence-corrected chi connectivity index (χ2v) is 6.61. The lowest BCUT2D eigenvalue weighted by molar-refractivity contribution is 0.523. The van der Waals surface area contributed by atoms with Gasteiger partial charge in [-0.15, -0.1) is 11.8 Å². The lowest BCUT2D eigenvalue weighted by Gasteiger charge is -2.15. The average molecular weight is 330 g/mol. The first-order valence-corrected chi connectivity index (χ1v) is 8.59. The van der Waals surface area contributed by atoms with E-state index in [4.69, 9.17) is 0 Å². The molecule has 1 nitrogen and oxygen atoms in total. The summed E-state index contributed by atoms with van der Waals surface area (Å²) < 4.78 is 1.16. The Hall–Kier alpha value is 0.01000. The largest absolute Gasteiger partial charge is 0.316 e. The molecule has 1 rings (SSSR count). The van der Waals surface area contributed by atoms with Gasteiger partial charge in [0, 0.05) is 21.2 Å². The second kappa shape index (κ2) is 9.88. The molecule has 0 saturated heterocycles. The Morgan fingerprint density at radius 2 is 2.11 bits per heavy atom. The minimum Gasteiger partial charge on any atom is -0.316 e. The van der Waals surface area contributed by atoms with Crippen molar-refractivity contribution >= 4 is 27.7 Å². The Bertz CT molecular complexity index is 330. The van der Waals surface area contributed by atoms with E-state index < -0.39 is 0 Å². The molecule has 18 heavy (non-hydrogen) atoms. The number of rotatable bonds is 9. The number of unbranched alkanes of at least 4 members (excludes halogenated alkanes) is 3. The first kappa shape index (κ1) is 16.1. The van der Waals surface area contributed by atoms with Crippen LogP contribution in [0.2, 0.25) is 0 Å². The van der Waals surface area contributed by atoms with Crippen LogP contribution in [0.5, 0.6) is 0 Å². The highest BCUT2D eigenvalue weighted by Gasteiger charge is 2.06. The van der Waals surface area contributed by atoms with E-state index in [1.807, 2.05) is 11.8 Å². The highest BCUT2D eigenvalue weighted by atomic mass is 79.9. The zero-order valence-corrected chi connectivity index (χ0v) is 13.8. The summed E-state index contributed by atoms with van der Waals surface area (Å²) >= 11 is 5.46. The van der Waals surface area contributed by atoms with Crippen LogP contribution in [0.4, 0.5) is 0 Å². The summed E-state index contributed by atoms with van der Waals surface area (Å²) in [4.78, 5) is 1.35. The van der Waals surface area contributed by atoms with E-state index >= 15 is 0 Å². The van der Waals surface area contributed by atoms with Crippen molar-refractivity contribution in [1.82, 2.24) is 5.32 Å². The van der Waals surface area contributed by atoms with Crippen molar-refractivity contribution < 1.29 is 0 Å². The fraction of sp³-hybridized carbons (Fsp3) is 0.600. The highest BCUT2D eigenvalue weighted by Crippen LogP contribution is 2.23. The molecule has 0 saturated carbocycles. The average Bonchev–Trinajstić information content (AvgIpc) is 2.38.